The number of allylic oxidation sites excluding steroid dienone is 2. The van der Waals surface area contributed by atoms with E-state index in [2.05, 4.69) is 0 Å². The van der Waals surface area contributed by atoms with E-state index >= 15 is 0 Å². The minimum atomic E-state index is -0.513. The number of halogens is 1. The maximum atomic E-state index is 13.6. The molecule has 0 bridgehead atoms. The van der Waals surface area contributed by atoms with Crippen molar-refractivity contribution in [1.82, 2.24) is 4.57 Å². The Morgan fingerprint density at radius 3 is 2.61 bits per heavy atom. The molecule has 0 fully saturated rings. The summed E-state index contributed by atoms with van der Waals surface area (Å²) in [4.78, 5) is 31.9. The van der Waals surface area contributed by atoms with Crippen LogP contribution in [0.3, 0.4) is 0 Å². The first-order chi connectivity index (χ1) is 16.0. The minimum absolute atomic E-state index is 0.0473. The van der Waals surface area contributed by atoms with Crippen LogP contribution in [0.1, 0.15) is 36.4 Å². The number of carbonyl (C=O) groups is 1. The third-order valence-electron chi connectivity index (χ3n) is 5.94. The van der Waals surface area contributed by atoms with Crippen LogP contribution in [0.25, 0.3) is 6.08 Å². The zero-order valence-corrected chi connectivity index (χ0v) is 19.7. The summed E-state index contributed by atoms with van der Waals surface area (Å²) in [6.45, 7) is 0. The van der Waals surface area contributed by atoms with Gasteiger partial charge in [-0.25, -0.2) is 4.99 Å². The average Bonchev–Trinajstić information content (AvgIpc) is 3.13. The first-order valence-electron chi connectivity index (χ1n) is 10.6. The maximum Gasteiger partial charge on any atom is 0.271 e. The van der Waals surface area contributed by atoms with Gasteiger partial charge in [0, 0.05) is 28.6 Å². The molecule has 0 spiro atoms. The molecule has 2 aromatic carbocycles. The first-order valence-corrected chi connectivity index (χ1v) is 11.7. The topological polar surface area (TPSA) is 69.9 Å². The summed E-state index contributed by atoms with van der Waals surface area (Å²) in [7, 11) is 3.17. The second-order valence-corrected chi connectivity index (χ2v) is 9.32. The van der Waals surface area contributed by atoms with E-state index in [4.69, 9.17) is 26.1 Å². The van der Waals surface area contributed by atoms with Crippen LogP contribution in [-0.4, -0.2) is 24.6 Å². The molecule has 0 saturated carbocycles. The summed E-state index contributed by atoms with van der Waals surface area (Å²) in [5.41, 5.74) is 2.80. The number of ether oxygens (including phenoxy) is 2. The van der Waals surface area contributed by atoms with E-state index in [1.807, 2.05) is 24.3 Å². The van der Waals surface area contributed by atoms with Crippen molar-refractivity contribution in [1.29, 1.82) is 0 Å². The van der Waals surface area contributed by atoms with Gasteiger partial charge in [-0.3, -0.25) is 14.2 Å². The predicted molar refractivity (Wildman–Crippen MR) is 128 cm³/mol. The third kappa shape index (κ3) is 3.81. The Hall–Kier alpha value is -3.16. The van der Waals surface area contributed by atoms with Crippen molar-refractivity contribution in [2.75, 3.05) is 14.2 Å². The molecule has 0 saturated heterocycles. The van der Waals surface area contributed by atoms with Crippen molar-refractivity contribution < 1.29 is 14.3 Å². The highest BCUT2D eigenvalue weighted by molar-refractivity contribution is 7.07. The highest BCUT2D eigenvalue weighted by atomic mass is 35.5. The van der Waals surface area contributed by atoms with Crippen LogP contribution < -0.4 is 24.4 Å². The molecule has 33 heavy (non-hydrogen) atoms. The van der Waals surface area contributed by atoms with E-state index < -0.39 is 6.04 Å². The Bertz CT molecular complexity index is 1470. The van der Waals surface area contributed by atoms with Crippen LogP contribution in [-0.2, 0) is 4.79 Å². The molecule has 168 valence electrons. The number of nitrogens with zero attached hydrogens (tertiary/aromatic N) is 2. The normalized spacial score (nSPS) is 18.0. The van der Waals surface area contributed by atoms with Crippen LogP contribution in [0.2, 0.25) is 5.02 Å². The van der Waals surface area contributed by atoms with E-state index in [1.54, 1.807) is 43.1 Å². The molecule has 0 radical (unpaired) electrons. The molecule has 8 heteroatoms. The smallest absolute Gasteiger partial charge is 0.271 e. The van der Waals surface area contributed by atoms with Gasteiger partial charge in [0.2, 0.25) is 0 Å². The number of methoxy groups -OCH3 is 2. The number of fused-ring (bicyclic) bond motifs is 1. The Morgan fingerprint density at radius 2 is 1.88 bits per heavy atom. The van der Waals surface area contributed by atoms with E-state index in [0.29, 0.717) is 37.8 Å². The number of aromatic nitrogens is 1. The fourth-order valence-electron chi connectivity index (χ4n) is 4.35. The van der Waals surface area contributed by atoms with E-state index in [1.165, 1.54) is 11.3 Å². The number of benzene rings is 2. The van der Waals surface area contributed by atoms with Gasteiger partial charge in [-0.15, -0.1) is 0 Å². The zero-order valence-electron chi connectivity index (χ0n) is 18.1. The van der Waals surface area contributed by atoms with Crippen molar-refractivity contribution in [3.8, 4) is 11.5 Å². The lowest BCUT2D eigenvalue weighted by Gasteiger charge is -2.28. The molecule has 1 unspecified atom stereocenters. The van der Waals surface area contributed by atoms with Gasteiger partial charge in [-0.1, -0.05) is 35.1 Å². The molecule has 1 aromatic heterocycles. The van der Waals surface area contributed by atoms with Crippen LogP contribution in [0.15, 0.2) is 63.5 Å². The lowest BCUT2D eigenvalue weighted by atomic mass is 9.86. The number of carbonyl (C=O) groups excluding carboxylic acids is 1. The van der Waals surface area contributed by atoms with Crippen LogP contribution in [0.5, 0.6) is 11.5 Å². The Kier molecular flexibility index (Phi) is 5.68. The van der Waals surface area contributed by atoms with Gasteiger partial charge in [0.15, 0.2) is 10.6 Å². The van der Waals surface area contributed by atoms with Crippen molar-refractivity contribution in [2.45, 2.75) is 25.3 Å². The average molecular weight is 481 g/mol. The van der Waals surface area contributed by atoms with Crippen molar-refractivity contribution in [2.24, 2.45) is 4.99 Å². The fraction of sp³-hybridized carbons (Fsp3) is 0.240. The number of Topliss-reactive ketones (excluding diaryl/α,β-unsaturated/α-hetero) is 1. The predicted octanol–water partition coefficient (Wildman–Crippen LogP) is 3.64. The monoisotopic (exact) mass is 480 g/mol. The first kappa shape index (κ1) is 21.7. The molecule has 2 aliphatic rings. The third-order valence-corrected chi connectivity index (χ3v) is 7.18. The number of hydrogen-bond acceptors (Lipinski definition) is 6. The van der Waals surface area contributed by atoms with Gasteiger partial charge in [0.25, 0.3) is 5.56 Å². The van der Waals surface area contributed by atoms with Gasteiger partial charge in [0.1, 0.15) is 11.5 Å². The Balaban J connectivity index is 1.73. The van der Waals surface area contributed by atoms with Gasteiger partial charge >= 0.3 is 0 Å². The van der Waals surface area contributed by atoms with Crippen molar-refractivity contribution >= 4 is 34.8 Å². The molecule has 1 atom stereocenters. The minimum Gasteiger partial charge on any atom is -0.497 e. The van der Waals surface area contributed by atoms with Crippen LogP contribution in [0, 0.1) is 0 Å². The molecule has 5 rings (SSSR count). The largest absolute Gasteiger partial charge is 0.497 e. The molecule has 0 amide bonds. The summed E-state index contributed by atoms with van der Waals surface area (Å²) in [6.07, 6.45) is 3.76. The maximum absolute atomic E-state index is 13.6. The quantitative estimate of drug-likeness (QED) is 0.571. The number of hydrogen-bond donors (Lipinski definition) is 0. The van der Waals surface area contributed by atoms with Gasteiger partial charge < -0.3 is 9.47 Å². The number of thiazole rings is 1. The Labute approximate surface area is 199 Å². The van der Waals surface area contributed by atoms with Gasteiger partial charge in [0.05, 0.1) is 30.5 Å². The van der Waals surface area contributed by atoms with Gasteiger partial charge in [-0.05, 0) is 48.7 Å². The van der Waals surface area contributed by atoms with Crippen LogP contribution in [0.4, 0.5) is 0 Å². The van der Waals surface area contributed by atoms with Crippen molar-refractivity contribution in [3.63, 3.8) is 0 Å². The van der Waals surface area contributed by atoms with Crippen molar-refractivity contribution in [3.05, 3.63) is 89.6 Å². The highest BCUT2D eigenvalue weighted by Gasteiger charge is 2.34. The Morgan fingerprint density at radius 1 is 1.09 bits per heavy atom. The molecular weight excluding hydrogens is 460 g/mol. The molecule has 3 aromatic rings. The summed E-state index contributed by atoms with van der Waals surface area (Å²) >= 11 is 7.42. The lowest BCUT2D eigenvalue weighted by Crippen LogP contribution is -2.40. The zero-order chi connectivity index (χ0) is 23.1. The molecule has 1 aliphatic carbocycles. The van der Waals surface area contributed by atoms with Gasteiger partial charge in [-0.2, -0.15) is 0 Å². The molecule has 1 aliphatic heterocycles. The summed E-state index contributed by atoms with van der Waals surface area (Å²) < 4.78 is 12.9. The highest BCUT2D eigenvalue weighted by Crippen LogP contribution is 2.36. The van der Waals surface area contributed by atoms with E-state index in [0.717, 1.165) is 29.7 Å². The standard InChI is InChI=1S/C25H21ClN2O4S/c1-31-17-11-8-15(20(13-17)32-2)12-21-24(30)28-23(14-6-9-16(26)10-7-14)22-18(27-25(28)33-21)4-3-5-19(22)29/h6-13,23H,3-5H2,1-2H3. The summed E-state index contributed by atoms with van der Waals surface area (Å²) in [5, 5.41) is 0.599. The fourth-order valence-corrected chi connectivity index (χ4v) is 5.49. The number of ketones is 1. The SMILES string of the molecule is COc1ccc(C=c2sc3n(c2=O)C(c2ccc(Cl)cc2)C2=C(CCCC2=O)N=3)c(OC)c1. The molecule has 0 N–H and O–H groups in total. The molecule has 2 heterocycles. The van der Waals surface area contributed by atoms with Crippen LogP contribution >= 0.6 is 22.9 Å². The molecular formula is C25H21ClN2O4S. The molecule has 6 nitrogen and oxygen atoms in total. The van der Waals surface area contributed by atoms with E-state index in [-0.39, 0.29) is 11.3 Å². The summed E-state index contributed by atoms with van der Waals surface area (Å²) in [5.74, 6) is 1.31. The van der Waals surface area contributed by atoms with E-state index in [9.17, 15) is 9.59 Å². The second kappa shape index (κ2) is 8.65. The second-order valence-electron chi connectivity index (χ2n) is 7.88. The lowest BCUT2D eigenvalue weighted by molar-refractivity contribution is -0.116. The summed E-state index contributed by atoms with van der Waals surface area (Å²) in [6, 6.07) is 12.2. The number of rotatable bonds is 4.